The van der Waals surface area contributed by atoms with Crippen molar-refractivity contribution >= 4 is 55.1 Å². The molecule has 1 heterocycles. The Morgan fingerprint density at radius 3 is 2.73 bits per heavy atom. The van der Waals surface area contributed by atoms with E-state index in [9.17, 15) is 4.79 Å². The van der Waals surface area contributed by atoms with Crippen LogP contribution in [0.15, 0.2) is 27.1 Å². The molecule has 0 spiro atoms. The number of anilines is 1. The fraction of sp³-hybridized carbons (Fsp3) is 0.300. The fourth-order valence-corrected chi connectivity index (χ4v) is 2.67. The maximum atomic E-state index is 11.7. The molecule has 1 atom stereocenters. The second kappa shape index (κ2) is 4.44. The van der Waals surface area contributed by atoms with Crippen molar-refractivity contribution in [3.63, 3.8) is 0 Å². The minimum absolute atomic E-state index is 0.0776. The van der Waals surface area contributed by atoms with Crippen LogP contribution in [-0.2, 0) is 4.79 Å². The summed E-state index contributed by atoms with van der Waals surface area (Å²) in [4.78, 5) is 13.4. The van der Waals surface area contributed by atoms with Gasteiger partial charge in [-0.3, -0.25) is 4.79 Å². The third kappa shape index (κ3) is 2.37. The topological polar surface area (TPSA) is 20.3 Å². The molecule has 0 N–H and O–H groups in total. The van der Waals surface area contributed by atoms with Crippen molar-refractivity contribution in [3.8, 4) is 0 Å². The standard InChI is InChI=1S/C10H8Br2ClNO/c11-6-1-2-8(12)9(3-6)14-5-7(13)4-10(14)15/h1-3,7H,4-5H2. The number of alkyl halides is 1. The van der Waals surface area contributed by atoms with Crippen LogP contribution in [0.3, 0.4) is 0 Å². The monoisotopic (exact) mass is 351 g/mol. The molecular weight excluding hydrogens is 345 g/mol. The van der Waals surface area contributed by atoms with E-state index >= 15 is 0 Å². The van der Waals surface area contributed by atoms with Gasteiger partial charge < -0.3 is 4.90 Å². The summed E-state index contributed by atoms with van der Waals surface area (Å²) in [6.07, 6.45) is 0.417. The van der Waals surface area contributed by atoms with Crippen molar-refractivity contribution in [3.05, 3.63) is 27.1 Å². The van der Waals surface area contributed by atoms with Gasteiger partial charge in [0.05, 0.1) is 11.1 Å². The third-order valence-corrected chi connectivity index (χ3v) is 3.73. The average Bonchev–Trinajstić information content (AvgIpc) is 2.50. The maximum Gasteiger partial charge on any atom is 0.228 e. The molecule has 80 valence electrons. The summed E-state index contributed by atoms with van der Waals surface area (Å²) in [5.74, 6) is 0.0776. The second-order valence-corrected chi connectivity index (χ2v) is 5.79. The maximum absolute atomic E-state index is 11.7. The van der Waals surface area contributed by atoms with Gasteiger partial charge in [0.2, 0.25) is 5.91 Å². The summed E-state index contributed by atoms with van der Waals surface area (Å²) in [5.41, 5.74) is 0.873. The van der Waals surface area contributed by atoms with Crippen LogP contribution in [-0.4, -0.2) is 17.8 Å². The van der Waals surface area contributed by atoms with Gasteiger partial charge in [-0.1, -0.05) is 15.9 Å². The minimum Gasteiger partial charge on any atom is -0.310 e. The fourth-order valence-electron chi connectivity index (χ4n) is 1.59. The lowest BCUT2D eigenvalue weighted by atomic mass is 10.3. The summed E-state index contributed by atoms with van der Waals surface area (Å²) >= 11 is 12.8. The molecule has 2 rings (SSSR count). The second-order valence-electron chi connectivity index (χ2n) is 3.40. The van der Waals surface area contributed by atoms with Gasteiger partial charge in [-0.05, 0) is 34.1 Å². The van der Waals surface area contributed by atoms with E-state index < -0.39 is 0 Å². The number of carbonyl (C=O) groups is 1. The number of nitrogens with zero attached hydrogens (tertiary/aromatic N) is 1. The van der Waals surface area contributed by atoms with E-state index in [2.05, 4.69) is 31.9 Å². The summed E-state index contributed by atoms with van der Waals surface area (Å²) < 4.78 is 1.86. The molecule has 1 aromatic carbocycles. The number of hydrogen-bond acceptors (Lipinski definition) is 1. The quantitative estimate of drug-likeness (QED) is 0.707. The molecule has 1 aliphatic heterocycles. The number of amides is 1. The Morgan fingerprint density at radius 2 is 2.13 bits per heavy atom. The molecule has 1 amide bonds. The first-order valence-electron chi connectivity index (χ1n) is 4.47. The van der Waals surface area contributed by atoms with E-state index in [0.717, 1.165) is 14.6 Å². The molecule has 1 aromatic rings. The van der Waals surface area contributed by atoms with Gasteiger partial charge in [0, 0.05) is 21.9 Å². The number of rotatable bonds is 1. The highest BCUT2D eigenvalue weighted by molar-refractivity contribution is 9.11. The van der Waals surface area contributed by atoms with Gasteiger partial charge in [0.15, 0.2) is 0 Å². The van der Waals surface area contributed by atoms with E-state index in [1.165, 1.54) is 0 Å². The highest BCUT2D eigenvalue weighted by Crippen LogP contribution is 2.33. The molecule has 0 aromatic heterocycles. The molecule has 2 nitrogen and oxygen atoms in total. The highest BCUT2D eigenvalue weighted by atomic mass is 79.9. The van der Waals surface area contributed by atoms with Crippen molar-refractivity contribution in [1.29, 1.82) is 0 Å². The van der Waals surface area contributed by atoms with Crippen molar-refractivity contribution in [1.82, 2.24) is 0 Å². The average molecular weight is 353 g/mol. The predicted octanol–water partition coefficient (Wildman–Crippen LogP) is 3.56. The van der Waals surface area contributed by atoms with Crippen LogP contribution in [0.5, 0.6) is 0 Å². The lowest BCUT2D eigenvalue weighted by molar-refractivity contribution is -0.117. The number of hydrogen-bond donors (Lipinski definition) is 0. The van der Waals surface area contributed by atoms with Crippen LogP contribution in [0.25, 0.3) is 0 Å². The van der Waals surface area contributed by atoms with E-state index in [1.54, 1.807) is 4.90 Å². The van der Waals surface area contributed by atoms with Gasteiger partial charge in [-0.25, -0.2) is 0 Å². The molecule has 1 unspecified atom stereocenters. The molecular formula is C10H8Br2ClNO. The lowest BCUT2D eigenvalue weighted by Crippen LogP contribution is -2.24. The Morgan fingerprint density at radius 1 is 1.40 bits per heavy atom. The third-order valence-electron chi connectivity index (χ3n) is 2.28. The van der Waals surface area contributed by atoms with Gasteiger partial charge in [0.25, 0.3) is 0 Å². The first-order chi connectivity index (χ1) is 7.08. The summed E-state index contributed by atoms with van der Waals surface area (Å²) in [6, 6.07) is 5.75. The van der Waals surface area contributed by atoms with E-state index in [4.69, 9.17) is 11.6 Å². The Kier molecular flexibility index (Phi) is 3.38. The zero-order valence-electron chi connectivity index (χ0n) is 7.71. The first kappa shape index (κ1) is 11.4. The van der Waals surface area contributed by atoms with E-state index in [0.29, 0.717) is 13.0 Å². The van der Waals surface area contributed by atoms with Crippen molar-refractivity contribution in [2.45, 2.75) is 11.8 Å². The zero-order valence-corrected chi connectivity index (χ0v) is 11.6. The van der Waals surface area contributed by atoms with Crippen LogP contribution in [0.1, 0.15) is 6.42 Å². The van der Waals surface area contributed by atoms with Crippen LogP contribution < -0.4 is 4.90 Å². The molecule has 0 aliphatic carbocycles. The minimum atomic E-state index is -0.0802. The van der Waals surface area contributed by atoms with Crippen molar-refractivity contribution < 1.29 is 4.79 Å². The van der Waals surface area contributed by atoms with Gasteiger partial charge in [-0.15, -0.1) is 11.6 Å². The van der Waals surface area contributed by atoms with E-state index in [1.807, 2.05) is 18.2 Å². The van der Waals surface area contributed by atoms with Crippen molar-refractivity contribution in [2.24, 2.45) is 0 Å². The molecule has 15 heavy (non-hydrogen) atoms. The SMILES string of the molecule is O=C1CC(Cl)CN1c1cc(Br)ccc1Br. The van der Waals surface area contributed by atoms with Crippen LogP contribution in [0.2, 0.25) is 0 Å². The summed E-state index contributed by atoms with van der Waals surface area (Å²) in [5, 5.41) is -0.0802. The molecule has 1 fully saturated rings. The predicted molar refractivity (Wildman–Crippen MR) is 68.5 cm³/mol. The molecule has 0 radical (unpaired) electrons. The van der Waals surface area contributed by atoms with Gasteiger partial charge in [-0.2, -0.15) is 0 Å². The lowest BCUT2D eigenvalue weighted by Gasteiger charge is -2.17. The summed E-state index contributed by atoms with van der Waals surface area (Å²) in [6.45, 7) is 0.579. The number of halogens is 3. The Hall–Kier alpha value is -0.0600. The number of carbonyl (C=O) groups excluding carboxylic acids is 1. The van der Waals surface area contributed by atoms with E-state index in [-0.39, 0.29) is 11.3 Å². The molecule has 0 bridgehead atoms. The summed E-state index contributed by atoms with van der Waals surface area (Å²) in [7, 11) is 0. The van der Waals surface area contributed by atoms with Crippen LogP contribution >= 0.6 is 43.5 Å². The Labute approximate surface area is 110 Å². The Bertz CT molecular complexity index is 410. The first-order valence-corrected chi connectivity index (χ1v) is 6.49. The van der Waals surface area contributed by atoms with Gasteiger partial charge >= 0.3 is 0 Å². The smallest absolute Gasteiger partial charge is 0.228 e. The highest BCUT2D eigenvalue weighted by Gasteiger charge is 2.30. The molecule has 1 aliphatic rings. The molecule has 1 saturated heterocycles. The number of benzene rings is 1. The van der Waals surface area contributed by atoms with Crippen LogP contribution in [0, 0.1) is 0 Å². The van der Waals surface area contributed by atoms with Gasteiger partial charge in [0.1, 0.15) is 0 Å². The largest absolute Gasteiger partial charge is 0.310 e. The molecule has 0 saturated carbocycles. The van der Waals surface area contributed by atoms with Crippen LogP contribution in [0.4, 0.5) is 5.69 Å². The van der Waals surface area contributed by atoms with Crippen molar-refractivity contribution in [2.75, 3.05) is 11.4 Å². The molecule has 5 heteroatoms. The normalized spacial score (nSPS) is 21.1. The Balaban J connectivity index is 2.37. The zero-order chi connectivity index (χ0) is 11.0.